The summed E-state index contributed by atoms with van der Waals surface area (Å²) in [6.45, 7) is 0.915. The molecule has 1 saturated carbocycles. The Morgan fingerprint density at radius 1 is 1.31 bits per heavy atom. The number of hydrogen-bond acceptors (Lipinski definition) is 2. The highest BCUT2D eigenvalue weighted by atomic mass is 16.5. The third-order valence-electron chi connectivity index (χ3n) is 3.64. The maximum Gasteiger partial charge on any atom is 0.0641 e. The molecule has 2 heteroatoms. The molecule has 0 aromatic rings. The molecule has 1 heterocycles. The summed E-state index contributed by atoms with van der Waals surface area (Å²) in [4.78, 5) is 0. The first-order valence-corrected chi connectivity index (χ1v) is 5.36. The van der Waals surface area contributed by atoms with E-state index in [1.807, 2.05) is 0 Å². The lowest BCUT2D eigenvalue weighted by atomic mass is 9.62. The number of nitriles is 1. The average Bonchev–Trinajstić information content (AvgIpc) is 2.13. The fourth-order valence-electron chi connectivity index (χ4n) is 2.62. The van der Waals surface area contributed by atoms with Crippen molar-refractivity contribution in [1.82, 2.24) is 0 Å². The van der Waals surface area contributed by atoms with Gasteiger partial charge in [0.1, 0.15) is 0 Å². The fourth-order valence-corrected chi connectivity index (χ4v) is 2.62. The Bertz CT molecular complexity index is 209. The van der Waals surface area contributed by atoms with Gasteiger partial charge in [0.2, 0.25) is 0 Å². The van der Waals surface area contributed by atoms with Gasteiger partial charge in [-0.1, -0.05) is 6.42 Å². The van der Waals surface area contributed by atoms with Gasteiger partial charge in [-0.2, -0.15) is 5.26 Å². The van der Waals surface area contributed by atoms with Gasteiger partial charge in [0.05, 0.1) is 12.2 Å². The molecule has 1 atom stereocenters. The van der Waals surface area contributed by atoms with E-state index in [0.717, 1.165) is 6.61 Å². The number of hydrogen-bond donors (Lipinski definition) is 0. The van der Waals surface area contributed by atoms with Crippen LogP contribution in [0.4, 0.5) is 0 Å². The molecule has 2 rings (SSSR count). The van der Waals surface area contributed by atoms with E-state index in [0.29, 0.717) is 12.5 Å². The molecule has 2 aliphatic rings. The van der Waals surface area contributed by atoms with Gasteiger partial charge < -0.3 is 4.74 Å². The number of ether oxygens (including phenoxy) is 1. The van der Waals surface area contributed by atoms with Gasteiger partial charge in [-0.05, 0) is 32.1 Å². The van der Waals surface area contributed by atoms with Gasteiger partial charge in [-0.25, -0.2) is 0 Å². The van der Waals surface area contributed by atoms with Gasteiger partial charge in [0.25, 0.3) is 0 Å². The third-order valence-corrected chi connectivity index (χ3v) is 3.64. The molecule has 1 aliphatic carbocycles. The molecule has 0 radical (unpaired) electrons. The Balaban J connectivity index is 1.98. The summed E-state index contributed by atoms with van der Waals surface area (Å²) in [5.74, 6) is 0. The van der Waals surface area contributed by atoms with E-state index in [4.69, 9.17) is 10.00 Å². The maximum atomic E-state index is 8.79. The van der Waals surface area contributed by atoms with E-state index in [9.17, 15) is 0 Å². The van der Waals surface area contributed by atoms with Crippen molar-refractivity contribution in [1.29, 1.82) is 5.26 Å². The van der Waals surface area contributed by atoms with Crippen molar-refractivity contribution in [2.45, 2.75) is 51.0 Å². The smallest absolute Gasteiger partial charge is 0.0641 e. The van der Waals surface area contributed by atoms with Gasteiger partial charge in [0, 0.05) is 18.4 Å². The highest BCUT2D eigenvalue weighted by Crippen LogP contribution is 2.49. The largest absolute Gasteiger partial charge is 0.378 e. The molecule has 0 spiro atoms. The molecule has 1 saturated heterocycles. The monoisotopic (exact) mass is 179 g/mol. The molecule has 0 N–H and O–H groups in total. The predicted octanol–water partition coefficient (Wildman–Crippen LogP) is 2.64. The van der Waals surface area contributed by atoms with Crippen molar-refractivity contribution in [3.63, 3.8) is 0 Å². The molecule has 0 aromatic carbocycles. The van der Waals surface area contributed by atoms with Crippen molar-refractivity contribution in [3.05, 3.63) is 0 Å². The summed E-state index contributed by atoms with van der Waals surface area (Å²) >= 11 is 0. The zero-order valence-electron chi connectivity index (χ0n) is 8.09. The first-order valence-electron chi connectivity index (χ1n) is 5.36. The van der Waals surface area contributed by atoms with Crippen LogP contribution in [-0.4, -0.2) is 12.7 Å². The zero-order chi connectivity index (χ0) is 9.15. The lowest BCUT2D eigenvalue weighted by Gasteiger charge is -2.47. The second kappa shape index (κ2) is 3.67. The van der Waals surface area contributed by atoms with E-state index in [1.165, 1.54) is 38.5 Å². The summed E-state index contributed by atoms with van der Waals surface area (Å²) in [7, 11) is 0. The topological polar surface area (TPSA) is 33.0 Å². The lowest BCUT2D eigenvalue weighted by Crippen LogP contribution is -2.44. The van der Waals surface area contributed by atoms with Gasteiger partial charge in [0.15, 0.2) is 0 Å². The van der Waals surface area contributed by atoms with Crippen LogP contribution in [-0.2, 0) is 4.74 Å². The molecular formula is C11H17NO. The minimum atomic E-state index is 0.259. The Morgan fingerprint density at radius 3 is 2.62 bits per heavy atom. The third kappa shape index (κ3) is 1.58. The van der Waals surface area contributed by atoms with Crippen LogP contribution in [0.1, 0.15) is 44.9 Å². The summed E-state index contributed by atoms with van der Waals surface area (Å²) in [6, 6.07) is 2.33. The van der Waals surface area contributed by atoms with Crippen LogP contribution in [0.5, 0.6) is 0 Å². The molecule has 0 aromatic heterocycles. The van der Waals surface area contributed by atoms with Crippen LogP contribution in [0.2, 0.25) is 0 Å². The first-order chi connectivity index (χ1) is 6.37. The predicted molar refractivity (Wildman–Crippen MR) is 50.1 cm³/mol. The summed E-state index contributed by atoms with van der Waals surface area (Å²) < 4.78 is 5.79. The summed E-state index contributed by atoms with van der Waals surface area (Å²) in [5, 5.41) is 8.79. The van der Waals surface area contributed by atoms with Crippen molar-refractivity contribution < 1.29 is 4.74 Å². The van der Waals surface area contributed by atoms with Crippen LogP contribution in [0.25, 0.3) is 0 Å². The quantitative estimate of drug-likeness (QED) is 0.652. The normalized spacial score (nSPS) is 31.8. The van der Waals surface area contributed by atoms with Crippen LogP contribution >= 0.6 is 0 Å². The van der Waals surface area contributed by atoms with E-state index in [2.05, 4.69) is 6.07 Å². The van der Waals surface area contributed by atoms with Gasteiger partial charge in [-0.15, -0.1) is 0 Å². The minimum Gasteiger partial charge on any atom is -0.378 e. The Morgan fingerprint density at radius 2 is 2.15 bits per heavy atom. The maximum absolute atomic E-state index is 8.79. The molecule has 13 heavy (non-hydrogen) atoms. The van der Waals surface area contributed by atoms with Crippen molar-refractivity contribution in [2.24, 2.45) is 5.41 Å². The van der Waals surface area contributed by atoms with E-state index >= 15 is 0 Å². The Labute approximate surface area is 79.9 Å². The van der Waals surface area contributed by atoms with Crippen LogP contribution in [0.15, 0.2) is 0 Å². The second-order valence-electron chi connectivity index (χ2n) is 4.41. The Kier molecular flexibility index (Phi) is 2.55. The number of rotatable bonds is 2. The standard InChI is InChI=1S/C11H17NO/c12-8-7-11(5-3-6-11)10-4-1-2-9-13-10/h10H,1-7,9H2. The van der Waals surface area contributed by atoms with Crippen LogP contribution in [0.3, 0.4) is 0 Å². The Hall–Kier alpha value is -0.550. The van der Waals surface area contributed by atoms with E-state index in [1.54, 1.807) is 0 Å². The van der Waals surface area contributed by atoms with Crippen LogP contribution in [0, 0.1) is 16.7 Å². The second-order valence-corrected chi connectivity index (χ2v) is 4.41. The molecular weight excluding hydrogens is 162 g/mol. The molecule has 0 amide bonds. The van der Waals surface area contributed by atoms with Crippen molar-refractivity contribution in [3.8, 4) is 6.07 Å². The van der Waals surface area contributed by atoms with Crippen molar-refractivity contribution >= 4 is 0 Å². The van der Waals surface area contributed by atoms with E-state index < -0.39 is 0 Å². The molecule has 2 nitrogen and oxygen atoms in total. The average molecular weight is 179 g/mol. The number of nitrogens with zero attached hydrogens (tertiary/aromatic N) is 1. The molecule has 1 aliphatic heterocycles. The molecule has 1 unspecified atom stereocenters. The molecule has 0 bridgehead atoms. The highest BCUT2D eigenvalue weighted by Gasteiger charge is 2.44. The summed E-state index contributed by atoms with van der Waals surface area (Å²) in [6.07, 6.45) is 8.50. The SMILES string of the molecule is N#CCC1(C2CCCCO2)CCC1. The van der Waals surface area contributed by atoms with Gasteiger partial charge >= 0.3 is 0 Å². The summed E-state index contributed by atoms with van der Waals surface area (Å²) in [5.41, 5.74) is 0.259. The van der Waals surface area contributed by atoms with Crippen LogP contribution < -0.4 is 0 Å². The van der Waals surface area contributed by atoms with E-state index in [-0.39, 0.29) is 5.41 Å². The first kappa shape index (κ1) is 9.02. The fraction of sp³-hybridized carbons (Fsp3) is 0.909. The minimum absolute atomic E-state index is 0.259. The lowest BCUT2D eigenvalue weighted by molar-refractivity contribution is -0.102. The molecule has 72 valence electrons. The van der Waals surface area contributed by atoms with Crippen molar-refractivity contribution in [2.75, 3.05) is 6.61 Å². The van der Waals surface area contributed by atoms with Gasteiger partial charge in [-0.3, -0.25) is 0 Å². The highest BCUT2D eigenvalue weighted by molar-refractivity contribution is 5.00. The molecule has 2 fully saturated rings. The zero-order valence-corrected chi connectivity index (χ0v) is 8.09.